The molecule has 1 aliphatic heterocycles. The van der Waals surface area contributed by atoms with Crippen LogP contribution in [-0.4, -0.2) is 29.5 Å². The van der Waals surface area contributed by atoms with Crippen molar-refractivity contribution >= 4 is 23.1 Å². The van der Waals surface area contributed by atoms with E-state index in [1.165, 1.54) is 6.07 Å². The first-order valence-electron chi connectivity index (χ1n) is 5.34. The predicted molar refractivity (Wildman–Crippen MR) is 67.2 cm³/mol. The molecule has 1 heterocycles. The van der Waals surface area contributed by atoms with E-state index in [4.69, 9.17) is 0 Å². The first-order chi connectivity index (χ1) is 8.11. The molecule has 1 aromatic carbocycles. The number of thioether (sulfide) groups is 1. The largest absolute Gasteiger partial charge is 0.365 e. The van der Waals surface area contributed by atoms with Crippen LogP contribution < -0.4 is 4.90 Å². The normalized spacial score (nSPS) is 19.3. The zero-order chi connectivity index (χ0) is 12.4. The fourth-order valence-corrected chi connectivity index (χ4v) is 3.26. The summed E-state index contributed by atoms with van der Waals surface area (Å²) < 4.78 is 13.5. The third-order valence-electron chi connectivity index (χ3n) is 2.98. The molecule has 0 aromatic heterocycles. The molecule has 1 fully saturated rings. The fourth-order valence-electron chi connectivity index (χ4n) is 1.99. The van der Waals surface area contributed by atoms with Crippen LogP contribution in [0.5, 0.6) is 0 Å². The van der Waals surface area contributed by atoms with Gasteiger partial charge in [0.1, 0.15) is 5.69 Å². The lowest BCUT2D eigenvalue weighted by Gasteiger charge is -2.25. The minimum Gasteiger partial charge on any atom is -0.365 e. The molecule has 4 nitrogen and oxygen atoms in total. The van der Waals surface area contributed by atoms with Crippen molar-refractivity contribution < 1.29 is 9.31 Å². The number of hydrogen-bond donors (Lipinski definition) is 0. The Labute approximate surface area is 103 Å². The summed E-state index contributed by atoms with van der Waals surface area (Å²) in [4.78, 5) is 12.1. The summed E-state index contributed by atoms with van der Waals surface area (Å²) in [7, 11) is 1.79. The first-order valence-corrected chi connectivity index (χ1v) is 6.50. The lowest BCUT2D eigenvalue weighted by Crippen LogP contribution is -2.31. The maximum Gasteiger partial charge on any atom is 0.327 e. The highest BCUT2D eigenvalue weighted by molar-refractivity contribution is 7.99. The molecule has 1 unspecified atom stereocenters. The lowest BCUT2D eigenvalue weighted by molar-refractivity contribution is -0.386. The molecule has 6 heteroatoms. The number of nitro groups is 1. The van der Waals surface area contributed by atoms with Crippen LogP contribution in [0.15, 0.2) is 18.2 Å². The smallest absolute Gasteiger partial charge is 0.327 e. The molecule has 2 rings (SSSR count). The van der Waals surface area contributed by atoms with E-state index in [9.17, 15) is 14.5 Å². The number of nitro benzene ring substituents is 1. The number of anilines is 1. The van der Waals surface area contributed by atoms with E-state index in [2.05, 4.69) is 0 Å². The van der Waals surface area contributed by atoms with Gasteiger partial charge < -0.3 is 4.90 Å². The second kappa shape index (κ2) is 4.91. The Kier molecular flexibility index (Phi) is 3.51. The minimum atomic E-state index is -0.773. The Morgan fingerprint density at radius 2 is 2.35 bits per heavy atom. The second-order valence-corrected chi connectivity index (χ2v) is 5.14. The van der Waals surface area contributed by atoms with Crippen molar-refractivity contribution in [2.75, 3.05) is 23.5 Å². The van der Waals surface area contributed by atoms with Crippen molar-refractivity contribution in [1.29, 1.82) is 0 Å². The number of halogens is 1. The minimum absolute atomic E-state index is 0.250. The van der Waals surface area contributed by atoms with Gasteiger partial charge in [0.25, 0.3) is 0 Å². The van der Waals surface area contributed by atoms with Crippen LogP contribution in [0, 0.1) is 15.9 Å². The third kappa shape index (κ3) is 2.36. The average Bonchev–Trinajstić information content (AvgIpc) is 2.80. The van der Waals surface area contributed by atoms with Crippen molar-refractivity contribution in [3.05, 3.63) is 34.1 Å². The number of hydrogen-bond acceptors (Lipinski definition) is 4. The molecule has 1 aromatic rings. The standard InChI is InChI=1S/C11H13FN2O2S/c1-13(8-5-6-17-7-8)10-4-2-3-9(12)11(10)14(15)16/h2-4,8H,5-7H2,1H3. The summed E-state index contributed by atoms with van der Waals surface area (Å²) in [5, 5.41) is 10.9. The molecule has 0 spiro atoms. The van der Waals surface area contributed by atoms with E-state index in [-0.39, 0.29) is 6.04 Å². The van der Waals surface area contributed by atoms with Crippen LogP contribution in [0.2, 0.25) is 0 Å². The summed E-state index contributed by atoms with van der Waals surface area (Å²) in [6, 6.07) is 4.49. The zero-order valence-corrected chi connectivity index (χ0v) is 10.2. The molecule has 0 bridgehead atoms. The molecule has 0 radical (unpaired) electrons. The Hall–Kier alpha value is -1.30. The van der Waals surface area contributed by atoms with E-state index < -0.39 is 16.4 Å². The summed E-state index contributed by atoms with van der Waals surface area (Å²) >= 11 is 1.82. The molecule has 0 N–H and O–H groups in total. The molecular weight excluding hydrogens is 243 g/mol. The Morgan fingerprint density at radius 3 is 2.94 bits per heavy atom. The van der Waals surface area contributed by atoms with Gasteiger partial charge in [-0.05, 0) is 24.3 Å². The van der Waals surface area contributed by atoms with Crippen molar-refractivity contribution in [2.24, 2.45) is 0 Å². The van der Waals surface area contributed by atoms with Crippen LogP contribution in [-0.2, 0) is 0 Å². The maximum absolute atomic E-state index is 13.5. The molecule has 0 aliphatic carbocycles. The van der Waals surface area contributed by atoms with Gasteiger partial charge in [0, 0.05) is 18.8 Å². The zero-order valence-electron chi connectivity index (χ0n) is 9.43. The van der Waals surface area contributed by atoms with Gasteiger partial charge in [-0.1, -0.05) is 6.07 Å². The Balaban J connectivity index is 2.36. The van der Waals surface area contributed by atoms with Gasteiger partial charge in [0.2, 0.25) is 5.82 Å². The van der Waals surface area contributed by atoms with Crippen molar-refractivity contribution in [1.82, 2.24) is 0 Å². The van der Waals surface area contributed by atoms with E-state index >= 15 is 0 Å². The topological polar surface area (TPSA) is 46.4 Å². The Bertz CT molecular complexity index is 435. The van der Waals surface area contributed by atoms with Crippen molar-refractivity contribution in [2.45, 2.75) is 12.5 Å². The van der Waals surface area contributed by atoms with E-state index in [1.807, 2.05) is 16.7 Å². The van der Waals surface area contributed by atoms with Gasteiger partial charge in [-0.15, -0.1) is 0 Å². The van der Waals surface area contributed by atoms with Gasteiger partial charge in [-0.2, -0.15) is 16.2 Å². The molecule has 92 valence electrons. The van der Waals surface area contributed by atoms with Crippen molar-refractivity contribution in [3.8, 4) is 0 Å². The van der Waals surface area contributed by atoms with Crippen LogP contribution in [0.1, 0.15) is 6.42 Å². The number of para-hydroxylation sites is 1. The molecule has 0 amide bonds. The molecule has 17 heavy (non-hydrogen) atoms. The molecule has 0 saturated carbocycles. The van der Waals surface area contributed by atoms with Gasteiger partial charge in [0.15, 0.2) is 0 Å². The van der Waals surface area contributed by atoms with Crippen LogP contribution in [0.25, 0.3) is 0 Å². The van der Waals surface area contributed by atoms with Gasteiger partial charge in [-0.3, -0.25) is 10.1 Å². The fraction of sp³-hybridized carbons (Fsp3) is 0.455. The summed E-state index contributed by atoms with van der Waals surface area (Å²) in [6.07, 6.45) is 0.981. The number of nitrogens with zero attached hydrogens (tertiary/aromatic N) is 2. The van der Waals surface area contributed by atoms with Crippen LogP contribution >= 0.6 is 11.8 Å². The summed E-state index contributed by atoms with van der Waals surface area (Å²) in [6.45, 7) is 0. The lowest BCUT2D eigenvalue weighted by atomic mass is 10.2. The maximum atomic E-state index is 13.5. The van der Waals surface area contributed by atoms with Gasteiger partial charge >= 0.3 is 5.69 Å². The molecule has 1 saturated heterocycles. The highest BCUT2D eigenvalue weighted by atomic mass is 32.2. The van der Waals surface area contributed by atoms with E-state index in [0.717, 1.165) is 24.0 Å². The average molecular weight is 256 g/mol. The molecule has 1 atom stereocenters. The quantitative estimate of drug-likeness (QED) is 0.616. The van der Waals surface area contributed by atoms with Gasteiger partial charge in [-0.25, -0.2) is 0 Å². The predicted octanol–water partition coefficient (Wildman–Crippen LogP) is 2.68. The number of benzene rings is 1. The van der Waals surface area contributed by atoms with Gasteiger partial charge in [0.05, 0.1) is 4.92 Å². The third-order valence-corrected chi connectivity index (χ3v) is 4.13. The van der Waals surface area contributed by atoms with Crippen molar-refractivity contribution in [3.63, 3.8) is 0 Å². The summed E-state index contributed by atoms with van der Waals surface area (Å²) in [5.74, 6) is 1.22. The Morgan fingerprint density at radius 1 is 1.59 bits per heavy atom. The van der Waals surface area contributed by atoms with Crippen LogP contribution in [0.4, 0.5) is 15.8 Å². The summed E-state index contributed by atoms with van der Waals surface area (Å²) in [5.41, 5.74) is -0.0607. The highest BCUT2D eigenvalue weighted by Crippen LogP contribution is 2.33. The highest BCUT2D eigenvalue weighted by Gasteiger charge is 2.27. The monoisotopic (exact) mass is 256 g/mol. The van der Waals surface area contributed by atoms with E-state index in [1.54, 1.807) is 13.1 Å². The number of rotatable bonds is 3. The molecular formula is C11H13FN2O2S. The molecule has 1 aliphatic rings. The van der Waals surface area contributed by atoms with Crippen LogP contribution in [0.3, 0.4) is 0 Å². The first kappa shape index (κ1) is 12.2. The SMILES string of the molecule is CN(c1cccc(F)c1[N+](=O)[O-])C1CCSC1. The second-order valence-electron chi connectivity index (χ2n) is 3.99. The van der Waals surface area contributed by atoms with E-state index in [0.29, 0.717) is 5.69 Å².